The molecule has 3 heterocycles. The first-order valence-corrected chi connectivity index (χ1v) is 10.6. The molecule has 0 bridgehead atoms. The number of hydrogen-bond donors (Lipinski definition) is 2. The highest BCUT2D eigenvalue weighted by atomic mass is 19.1. The van der Waals surface area contributed by atoms with Crippen molar-refractivity contribution in [2.24, 2.45) is 11.8 Å². The normalized spacial score (nSPS) is 17.6. The quantitative estimate of drug-likeness (QED) is 0.622. The van der Waals surface area contributed by atoms with Crippen LogP contribution in [0, 0.1) is 30.4 Å². The summed E-state index contributed by atoms with van der Waals surface area (Å²) in [5.74, 6) is 0.849. The Balaban J connectivity index is 1.29. The number of aryl methyl sites for hydroxylation is 1. The zero-order chi connectivity index (χ0) is 21.4. The minimum absolute atomic E-state index is 0.302. The van der Waals surface area contributed by atoms with Crippen molar-refractivity contribution in [1.82, 2.24) is 15.2 Å². The molecule has 162 valence electrons. The lowest BCUT2D eigenvalue weighted by molar-refractivity contribution is -0.0650. The Hall–Kier alpha value is -3.00. The summed E-state index contributed by atoms with van der Waals surface area (Å²) >= 11 is 0. The number of benzene rings is 2. The molecular weight excluding hydrogens is 400 g/mol. The van der Waals surface area contributed by atoms with Crippen LogP contribution in [0.1, 0.15) is 18.4 Å². The van der Waals surface area contributed by atoms with Gasteiger partial charge in [0.25, 0.3) is 0 Å². The van der Waals surface area contributed by atoms with Crippen LogP contribution in [0.5, 0.6) is 0 Å². The van der Waals surface area contributed by atoms with Crippen molar-refractivity contribution in [3.8, 4) is 11.4 Å². The molecule has 31 heavy (non-hydrogen) atoms. The zero-order valence-electron chi connectivity index (χ0n) is 17.4. The van der Waals surface area contributed by atoms with Gasteiger partial charge in [-0.15, -0.1) is 5.10 Å². The Bertz CT molecular complexity index is 1050. The standard InChI is InChI=1S/C23H25F2N5O/c1-14-6-20(11-21(7-14)30-4-2-15(3-5-30)17-12-31-13-17)26-23-27-22(28-29-23)16-8-18(24)10-19(25)9-16/h6-11,15,17H,2-5,12-13H2,1H3,(H2,26,27,28,29). The lowest BCUT2D eigenvalue weighted by atomic mass is 9.83. The number of ether oxygens (including phenoxy) is 1. The Kier molecular flexibility index (Phi) is 5.31. The number of hydrogen-bond acceptors (Lipinski definition) is 5. The fourth-order valence-corrected chi connectivity index (χ4v) is 4.44. The van der Waals surface area contributed by atoms with Crippen LogP contribution < -0.4 is 10.2 Å². The highest BCUT2D eigenvalue weighted by Gasteiger charge is 2.31. The van der Waals surface area contributed by atoms with E-state index in [1.54, 1.807) is 0 Å². The minimum atomic E-state index is -0.655. The van der Waals surface area contributed by atoms with Crippen molar-refractivity contribution in [2.75, 3.05) is 36.5 Å². The molecule has 6 nitrogen and oxygen atoms in total. The van der Waals surface area contributed by atoms with E-state index in [1.807, 2.05) is 6.07 Å². The summed E-state index contributed by atoms with van der Waals surface area (Å²) in [5.41, 5.74) is 3.49. The second-order valence-corrected chi connectivity index (χ2v) is 8.47. The van der Waals surface area contributed by atoms with Gasteiger partial charge in [0.2, 0.25) is 5.95 Å². The lowest BCUT2D eigenvalue weighted by Gasteiger charge is -2.40. The Morgan fingerprint density at radius 1 is 1.00 bits per heavy atom. The monoisotopic (exact) mass is 425 g/mol. The van der Waals surface area contributed by atoms with Gasteiger partial charge in [-0.1, -0.05) is 0 Å². The van der Waals surface area contributed by atoms with E-state index in [-0.39, 0.29) is 0 Å². The molecular formula is C23H25F2N5O. The lowest BCUT2D eigenvalue weighted by Crippen LogP contribution is -2.42. The zero-order valence-corrected chi connectivity index (χ0v) is 17.4. The van der Waals surface area contributed by atoms with Crippen LogP contribution in [0.15, 0.2) is 36.4 Å². The van der Waals surface area contributed by atoms with Gasteiger partial charge in [-0.05, 0) is 61.6 Å². The molecule has 0 aliphatic carbocycles. The number of nitrogens with one attached hydrogen (secondary N) is 2. The molecule has 3 aromatic rings. The summed E-state index contributed by atoms with van der Waals surface area (Å²) in [4.78, 5) is 6.76. The number of aromatic amines is 1. The summed E-state index contributed by atoms with van der Waals surface area (Å²) in [6, 6.07) is 9.58. The van der Waals surface area contributed by atoms with Crippen LogP contribution in [0.3, 0.4) is 0 Å². The van der Waals surface area contributed by atoms with E-state index in [1.165, 1.54) is 30.7 Å². The minimum Gasteiger partial charge on any atom is -0.381 e. The number of anilines is 3. The van der Waals surface area contributed by atoms with E-state index in [0.717, 1.165) is 55.5 Å². The fraction of sp³-hybridized carbons (Fsp3) is 0.391. The van der Waals surface area contributed by atoms with E-state index >= 15 is 0 Å². The maximum Gasteiger partial charge on any atom is 0.246 e. The first kappa shape index (κ1) is 19.9. The van der Waals surface area contributed by atoms with Gasteiger partial charge >= 0.3 is 0 Å². The van der Waals surface area contributed by atoms with Crippen molar-refractivity contribution in [1.29, 1.82) is 0 Å². The number of rotatable bonds is 5. The van der Waals surface area contributed by atoms with Crippen molar-refractivity contribution >= 4 is 17.3 Å². The van der Waals surface area contributed by atoms with Crippen molar-refractivity contribution in [2.45, 2.75) is 19.8 Å². The fourth-order valence-electron chi connectivity index (χ4n) is 4.44. The molecule has 0 spiro atoms. The smallest absolute Gasteiger partial charge is 0.246 e. The van der Waals surface area contributed by atoms with Crippen molar-refractivity contribution < 1.29 is 13.5 Å². The van der Waals surface area contributed by atoms with Crippen molar-refractivity contribution in [3.05, 3.63) is 53.6 Å². The molecule has 8 heteroatoms. The molecule has 0 radical (unpaired) electrons. The molecule has 2 aromatic carbocycles. The van der Waals surface area contributed by atoms with E-state index in [2.05, 4.69) is 44.5 Å². The summed E-state index contributed by atoms with van der Waals surface area (Å²) in [5, 5.41) is 10.1. The molecule has 2 fully saturated rings. The van der Waals surface area contributed by atoms with Gasteiger partial charge in [-0.25, -0.2) is 8.78 Å². The summed E-state index contributed by atoms with van der Waals surface area (Å²) < 4.78 is 32.3. The van der Waals surface area contributed by atoms with Gasteiger partial charge in [0.15, 0.2) is 5.82 Å². The van der Waals surface area contributed by atoms with Crippen LogP contribution in [0.2, 0.25) is 0 Å². The maximum atomic E-state index is 13.5. The Morgan fingerprint density at radius 2 is 1.74 bits per heavy atom. The van der Waals surface area contributed by atoms with Gasteiger partial charge in [-0.3, -0.25) is 5.10 Å². The molecule has 0 saturated carbocycles. The third kappa shape index (κ3) is 4.39. The Labute approximate surface area is 179 Å². The first-order chi connectivity index (χ1) is 15.0. The molecule has 1 aromatic heterocycles. The van der Waals surface area contributed by atoms with Gasteiger partial charge in [0.05, 0.1) is 13.2 Å². The summed E-state index contributed by atoms with van der Waals surface area (Å²) in [6.07, 6.45) is 2.39. The van der Waals surface area contributed by atoms with E-state index in [4.69, 9.17) is 4.74 Å². The Morgan fingerprint density at radius 3 is 2.42 bits per heavy atom. The number of aromatic nitrogens is 3. The average Bonchev–Trinajstić information content (AvgIpc) is 3.14. The average molecular weight is 425 g/mol. The van der Waals surface area contributed by atoms with Crippen LogP contribution in [0.25, 0.3) is 11.4 Å². The third-order valence-corrected chi connectivity index (χ3v) is 6.17. The van der Waals surface area contributed by atoms with Crippen LogP contribution in [0.4, 0.5) is 26.1 Å². The third-order valence-electron chi connectivity index (χ3n) is 6.17. The molecule has 2 N–H and O–H groups in total. The molecule has 2 aliphatic heterocycles. The van der Waals surface area contributed by atoms with E-state index in [0.29, 0.717) is 17.3 Å². The highest BCUT2D eigenvalue weighted by molar-refractivity contribution is 5.65. The van der Waals surface area contributed by atoms with Crippen LogP contribution in [-0.2, 0) is 4.74 Å². The predicted octanol–water partition coefficient (Wildman–Crippen LogP) is 4.66. The molecule has 0 amide bonds. The maximum absolute atomic E-state index is 13.5. The second-order valence-electron chi connectivity index (χ2n) is 8.47. The SMILES string of the molecule is Cc1cc(Nc2n[nH]c(-c3cc(F)cc(F)c3)n2)cc(N2CCC(C3COC3)CC2)c1. The van der Waals surface area contributed by atoms with Gasteiger partial charge < -0.3 is 15.0 Å². The number of halogens is 2. The number of nitrogens with zero attached hydrogens (tertiary/aromatic N) is 3. The molecule has 0 unspecified atom stereocenters. The summed E-state index contributed by atoms with van der Waals surface area (Å²) in [7, 11) is 0. The van der Waals surface area contributed by atoms with Gasteiger partial charge in [0, 0.05) is 42.0 Å². The highest BCUT2D eigenvalue weighted by Crippen LogP contribution is 2.33. The molecule has 2 saturated heterocycles. The van der Waals surface area contributed by atoms with Crippen LogP contribution >= 0.6 is 0 Å². The second kappa shape index (κ2) is 8.26. The van der Waals surface area contributed by atoms with Gasteiger partial charge in [-0.2, -0.15) is 4.98 Å². The van der Waals surface area contributed by atoms with E-state index in [9.17, 15) is 8.78 Å². The topological polar surface area (TPSA) is 66.1 Å². The first-order valence-electron chi connectivity index (χ1n) is 10.6. The summed E-state index contributed by atoms with van der Waals surface area (Å²) in [6.45, 7) is 5.99. The predicted molar refractivity (Wildman–Crippen MR) is 115 cm³/mol. The van der Waals surface area contributed by atoms with Crippen LogP contribution in [-0.4, -0.2) is 41.5 Å². The molecule has 2 aliphatic rings. The number of H-pyrrole nitrogens is 1. The van der Waals surface area contributed by atoms with E-state index < -0.39 is 11.6 Å². The molecule has 5 rings (SSSR count). The largest absolute Gasteiger partial charge is 0.381 e. The van der Waals surface area contributed by atoms with Gasteiger partial charge in [0.1, 0.15) is 11.6 Å². The van der Waals surface area contributed by atoms with Crippen molar-refractivity contribution in [3.63, 3.8) is 0 Å². The molecule has 0 atom stereocenters. The number of piperidine rings is 1.